The molecule has 1 N–H and O–H groups in total. The van der Waals surface area contributed by atoms with Gasteiger partial charge in [-0.3, -0.25) is 4.79 Å². The van der Waals surface area contributed by atoms with Crippen molar-refractivity contribution in [1.29, 1.82) is 0 Å². The maximum absolute atomic E-state index is 11.8. The summed E-state index contributed by atoms with van der Waals surface area (Å²) >= 11 is 5.79. The van der Waals surface area contributed by atoms with E-state index < -0.39 is 0 Å². The molecule has 0 spiro atoms. The minimum absolute atomic E-state index is 0.0309. The minimum Gasteiger partial charge on any atom is -0.493 e. The van der Waals surface area contributed by atoms with Gasteiger partial charge in [0.2, 0.25) is 5.91 Å². The number of nitrogens with one attached hydrogen (secondary N) is 1. The summed E-state index contributed by atoms with van der Waals surface area (Å²) in [4.78, 5) is 15.8. The molecule has 112 valence electrons. The highest BCUT2D eigenvalue weighted by molar-refractivity contribution is 6.30. The summed E-state index contributed by atoms with van der Waals surface area (Å²) < 4.78 is 7.41. The normalized spacial score (nSPS) is 11.9. The van der Waals surface area contributed by atoms with Crippen molar-refractivity contribution in [1.82, 2.24) is 14.9 Å². The Morgan fingerprint density at radius 2 is 2.19 bits per heavy atom. The van der Waals surface area contributed by atoms with Gasteiger partial charge in [-0.1, -0.05) is 11.6 Å². The fourth-order valence-electron chi connectivity index (χ4n) is 1.90. The van der Waals surface area contributed by atoms with Crippen LogP contribution in [0.25, 0.3) is 0 Å². The Morgan fingerprint density at radius 1 is 1.43 bits per heavy atom. The Morgan fingerprint density at radius 3 is 2.86 bits per heavy atom. The molecular formula is C15H18ClN3O2. The molecule has 0 bridgehead atoms. The van der Waals surface area contributed by atoms with E-state index in [2.05, 4.69) is 10.3 Å². The van der Waals surface area contributed by atoms with Crippen molar-refractivity contribution < 1.29 is 9.53 Å². The van der Waals surface area contributed by atoms with Crippen LogP contribution in [0.5, 0.6) is 5.75 Å². The number of carbonyl (C=O) groups is 1. The van der Waals surface area contributed by atoms with Crippen molar-refractivity contribution in [2.75, 3.05) is 6.61 Å². The zero-order chi connectivity index (χ0) is 15.1. The third kappa shape index (κ3) is 5.47. The number of rotatable bonds is 7. The van der Waals surface area contributed by atoms with Crippen LogP contribution in [0.1, 0.15) is 13.3 Å². The van der Waals surface area contributed by atoms with Crippen LogP contribution in [0.3, 0.4) is 0 Å². The van der Waals surface area contributed by atoms with Crippen LogP contribution >= 0.6 is 11.6 Å². The van der Waals surface area contributed by atoms with Gasteiger partial charge in [-0.2, -0.15) is 0 Å². The Hall–Kier alpha value is -2.01. The lowest BCUT2D eigenvalue weighted by atomic mass is 10.3. The first-order chi connectivity index (χ1) is 10.1. The van der Waals surface area contributed by atoms with Crippen LogP contribution in [-0.4, -0.2) is 28.1 Å². The van der Waals surface area contributed by atoms with Crippen molar-refractivity contribution >= 4 is 17.5 Å². The standard InChI is InChI=1S/C15H18ClN3O2/c1-12(10-19-8-7-17-11-19)18-15(20)6-9-21-14-4-2-13(16)3-5-14/h2-5,7-8,11-12H,6,9-10H2,1H3,(H,18,20). The second-order valence-electron chi connectivity index (χ2n) is 4.78. The molecule has 1 amide bonds. The van der Waals surface area contributed by atoms with Gasteiger partial charge < -0.3 is 14.6 Å². The molecule has 6 heteroatoms. The van der Waals surface area contributed by atoms with E-state index >= 15 is 0 Å². The molecule has 0 aliphatic heterocycles. The van der Waals surface area contributed by atoms with E-state index in [9.17, 15) is 4.79 Å². The van der Waals surface area contributed by atoms with Crippen LogP contribution in [0.4, 0.5) is 0 Å². The first-order valence-electron chi connectivity index (χ1n) is 6.77. The summed E-state index contributed by atoms with van der Waals surface area (Å²) in [5.41, 5.74) is 0. The molecule has 1 aromatic heterocycles. The summed E-state index contributed by atoms with van der Waals surface area (Å²) in [5, 5.41) is 3.59. The van der Waals surface area contributed by atoms with Gasteiger partial charge in [0.15, 0.2) is 0 Å². The minimum atomic E-state index is -0.0309. The Balaban J connectivity index is 1.66. The number of amides is 1. The second-order valence-corrected chi connectivity index (χ2v) is 5.22. The monoisotopic (exact) mass is 307 g/mol. The first-order valence-corrected chi connectivity index (χ1v) is 7.15. The summed E-state index contributed by atoms with van der Waals surface area (Å²) in [7, 11) is 0. The third-order valence-corrected chi connectivity index (χ3v) is 3.11. The van der Waals surface area contributed by atoms with E-state index in [1.54, 1.807) is 36.8 Å². The van der Waals surface area contributed by atoms with Gasteiger partial charge in [-0.05, 0) is 31.2 Å². The summed E-state index contributed by atoms with van der Waals surface area (Å²) in [6, 6.07) is 7.11. The number of ether oxygens (including phenoxy) is 1. The van der Waals surface area contributed by atoms with E-state index in [1.807, 2.05) is 17.7 Å². The van der Waals surface area contributed by atoms with E-state index in [0.29, 0.717) is 30.3 Å². The zero-order valence-corrected chi connectivity index (χ0v) is 12.6. The maximum atomic E-state index is 11.8. The Labute approximate surface area is 128 Å². The fourth-order valence-corrected chi connectivity index (χ4v) is 2.02. The zero-order valence-electron chi connectivity index (χ0n) is 11.8. The number of nitrogens with zero attached hydrogens (tertiary/aromatic N) is 2. The van der Waals surface area contributed by atoms with Crippen LogP contribution in [0.2, 0.25) is 5.02 Å². The lowest BCUT2D eigenvalue weighted by molar-refractivity contribution is -0.122. The number of benzene rings is 1. The quantitative estimate of drug-likeness (QED) is 0.855. The van der Waals surface area contributed by atoms with Crippen LogP contribution in [-0.2, 0) is 11.3 Å². The molecule has 2 aromatic rings. The SMILES string of the molecule is CC(Cn1ccnc1)NC(=O)CCOc1ccc(Cl)cc1. The Kier molecular flexibility index (Phi) is 5.63. The number of carbonyl (C=O) groups excluding carboxylic acids is 1. The molecule has 0 saturated carbocycles. The number of hydrogen-bond acceptors (Lipinski definition) is 3. The molecule has 5 nitrogen and oxygen atoms in total. The van der Waals surface area contributed by atoms with Crippen molar-refractivity contribution in [3.8, 4) is 5.75 Å². The average Bonchev–Trinajstić information content (AvgIpc) is 2.93. The Bertz CT molecular complexity index is 555. The van der Waals surface area contributed by atoms with Gasteiger partial charge in [0.25, 0.3) is 0 Å². The molecule has 0 saturated heterocycles. The average molecular weight is 308 g/mol. The number of aromatic nitrogens is 2. The van der Waals surface area contributed by atoms with E-state index in [4.69, 9.17) is 16.3 Å². The predicted molar refractivity (Wildman–Crippen MR) is 81.4 cm³/mol. The van der Waals surface area contributed by atoms with Crippen molar-refractivity contribution in [3.63, 3.8) is 0 Å². The fraction of sp³-hybridized carbons (Fsp3) is 0.333. The topological polar surface area (TPSA) is 56.2 Å². The highest BCUT2D eigenvalue weighted by atomic mass is 35.5. The molecule has 1 atom stereocenters. The van der Waals surface area contributed by atoms with E-state index in [0.717, 1.165) is 0 Å². The molecule has 21 heavy (non-hydrogen) atoms. The molecule has 2 rings (SSSR count). The van der Waals surface area contributed by atoms with Gasteiger partial charge in [0, 0.05) is 30.0 Å². The van der Waals surface area contributed by atoms with Crippen LogP contribution in [0.15, 0.2) is 43.0 Å². The number of hydrogen-bond donors (Lipinski definition) is 1. The highest BCUT2D eigenvalue weighted by Gasteiger charge is 2.08. The molecule has 0 radical (unpaired) electrons. The smallest absolute Gasteiger partial charge is 0.223 e. The largest absolute Gasteiger partial charge is 0.493 e. The summed E-state index contributed by atoms with van der Waals surface area (Å²) in [5.74, 6) is 0.676. The van der Waals surface area contributed by atoms with Crippen LogP contribution < -0.4 is 10.1 Å². The third-order valence-electron chi connectivity index (χ3n) is 2.86. The molecule has 1 unspecified atom stereocenters. The second kappa shape index (κ2) is 7.69. The number of imidazole rings is 1. The maximum Gasteiger partial charge on any atom is 0.223 e. The van der Waals surface area contributed by atoms with Crippen LogP contribution in [0, 0.1) is 0 Å². The molecular weight excluding hydrogens is 290 g/mol. The first kappa shape index (κ1) is 15.4. The molecule has 0 aliphatic carbocycles. The lowest BCUT2D eigenvalue weighted by Crippen LogP contribution is -2.36. The van der Waals surface area contributed by atoms with Crippen molar-refractivity contribution in [3.05, 3.63) is 48.0 Å². The lowest BCUT2D eigenvalue weighted by Gasteiger charge is -2.14. The number of halogens is 1. The van der Waals surface area contributed by atoms with Gasteiger partial charge in [0.1, 0.15) is 5.75 Å². The van der Waals surface area contributed by atoms with Gasteiger partial charge >= 0.3 is 0 Å². The highest BCUT2D eigenvalue weighted by Crippen LogP contribution is 2.15. The van der Waals surface area contributed by atoms with Gasteiger partial charge in [-0.25, -0.2) is 4.98 Å². The van der Waals surface area contributed by atoms with Crippen molar-refractivity contribution in [2.24, 2.45) is 0 Å². The molecule has 0 aliphatic rings. The molecule has 1 aromatic carbocycles. The summed E-state index contributed by atoms with van der Waals surface area (Å²) in [6.07, 6.45) is 5.63. The van der Waals surface area contributed by atoms with E-state index in [1.165, 1.54) is 0 Å². The summed E-state index contributed by atoms with van der Waals surface area (Å²) in [6.45, 7) is 2.99. The van der Waals surface area contributed by atoms with E-state index in [-0.39, 0.29) is 11.9 Å². The molecule has 1 heterocycles. The van der Waals surface area contributed by atoms with Crippen molar-refractivity contribution in [2.45, 2.75) is 25.9 Å². The van der Waals surface area contributed by atoms with Gasteiger partial charge in [0.05, 0.1) is 19.4 Å². The van der Waals surface area contributed by atoms with Gasteiger partial charge in [-0.15, -0.1) is 0 Å². The molecule has 0 fully saturated rings. The predicted octanol–water partition coefficient (Wildman–Crippen LogP) is 2.51.